The molecular formula is C15H12N4O. The SMILES string of the molecule is Cc1[nH]nc(C2CC2)c1Oc1cc(C#N)cc(C#N)c1. The number of hydrogen-bond acceptors (Lipinski definition) is 4. The second kappa shape index (κ2) is 4.71. The van der Waals surface area contributed by atoms with Crippen molar-refractivity contribution in [3.63, 3.8) is 0 Å². The van der Waals surface area contributed by atoms with E-state index in [1.807, 2.05) is 19.1 Å². The van der Waals surface area contributed by atoms with Gasteiger partial charge in [-0.25, -0.2) is 0 Å². The summed E-state index contributed by atoms with van der Waals surface area (Å²) in [6, 6.07) is 8.86. The molecule has 1 aromatic heterocycles. The third-order valence-corrected chi connectivity index (χ3v) is 3.27. The minimum Gasteiger partial charge on any atom is -0.453 e. The quantitative estimate of drug-likeness (QED) is 0.922. The molecule has 0 atom stereocenters. The predicted molar refractivity (Wildman–Crippen MR) is 71.2 cm³/mol. The smallest absolute Gasteiger partial charge is 0.171 e. The Balaban J connectivity index is 1.97. The Morgan fingerprint density at radius 2 is 1.85 bits per heavy atom. The van der Waals surface area contributed by atoms with E-state index in [0.29, 0.717) is 28.5 Å². The maximum atomic E-state index is 8.98. The number of nitrogens with zero attached hydrogens (tertiary/aromatic N) is 3. The molecule has 0 aliphatic heterocycles. The first-order valence-corrected chi connectivity index (χ1v) is 6.39. The molecule has 2 aromatic rings. The van der Waals surface area contributed by atoms with Gasteiger partial charge in [0.2, 0.25) is 0 Å². The van der Waals surface area contributed by atoms with E-state index in [0.717, 1.165) is 24.2 Å². The van der Waals surface area contributed by atoms with E-state index in [4.69, 9.17) is 15.3 Å². The fourth-order valence-electron chi connectivity index (χ4n) is 2.10. The van der Waals surface area contributed by atoms with Gasteiger partial charge in [-0.3, -0.25) is 5.10 Å². The van der Waals surface area contributed by atoms with Gasteiger partial charge < -0.3 is 4.74 Å². The highest BCUT2D eigenvalue weighted by Crippen LogP contribution is 2.45. The van der Waals surface area contributed by atoms with Crippen molar-refractivity contribution in [1.29, 1.82) is 10.5 Å². The highest BCUT2D eigenvalue weighted by atomic mass is 16.5. The van der Waals surface area contributed by atoms with Crippen molar-refractivity contribution in [3.05, 3.63) is 40.7 Å². The number of nitriles is 2. The summed E-state index contributed by atoms with van der Waals surface area (Å²) in [4.78, 5) is 0. The van der Waals surface area contributed by atoms with Gasteiger partial charge in [-0.15, -0.1) is 0 Å². The van der Waals surface area contributed by atoms with Crippen molar-refractivity contribution in [1.82, 2.24) is 10.2 Å². The second-order valence-corrected chi connectivity index (χ2v) is 4.91. The van der Waals surface area contributed by atoms with Crippen LogP contribution in [0.15, 0.2) is 18.2 Å². The molecule has 0 bridgehead atoms. The van der Waals surface area contributed by atoms with E-state index in [1.165, 1.54) is 6.07 Å². The van der Waals surface area contributed by atoms with Crippen LogP contribution in [0.2, 0.25) is 0 Å². The first-order chi connectivity index (χ1) is 9.71. The summed E-state index contributed by atoms with van der Waals surface area (Å²) in [6.07, 6.45) is 2.25. The normalized spacial score (nSPS) is 13.6. The highest BCUT2D eigenvalue weighted by molar-refractivity contribution is 5.48. The summed E-state index contributed by atoms with van der Waals surface area (Å²) in [5.41, 5.74) is 2.61. The van der Waals surface area contributed by atoms with E-state index in [-0.39, 0.29) is 0 Å². The molecule has 98 valence electrons. The number of aromatic amines is 1. The molecule has 1 aromatic carbocycles. The van der Waals surface area contributed by atoms with Crippen LogP contribution >= 0.6 is 0 Å². The third kappa shape index (κ3) is 2.22. The average molecular weight is 264 g/mol. The lowest BCUT2D eigenvalue weighted by atomic mass is 10.1. The van der Waals surface area contributed by atoms with Crippen molar-refractivity contribution < 1.29 is 4.74 Å². The van der Waals surface area contributed by atoms with Gasteiger partial charge in [0.05, 0.1) is 29.0 Å². The lowest BCUT2D eigenvalue weighted by Gasteiger charge is -2.07. The van der Waals surface area contributed by atoms with Crippen LogP contribution in [-0.2, 0) is 0 Å². The Kier molecular flexibility index (Phi) is 2.89. The van der Waals surface area contributed by atoms with Gasteiger partial charge in [0.25, 0.3) is 0 Å². The maximum absolute atomic E-state index is 8.98. The minimum absolute atomic E-state index is 0.410. The molecule has 1 fully saturated rings. The number of aryl methyl sites for hydroxylation is 1. The number of nitrogens with one attached hydrogen (secondary N) is 1. The van der Waals surface area contributed by atoms with Crippen LogP contribution in [0.25, 0.3) is 0 Å². The number of hydrogen-bond donors (Lipinski definition) is 1. The van der Waals surface area contributed by atoms with Crippen LogP contribution in [0, 0.1) is 29.6 Å². The Hall–Kier alpha value is -2.79. The number of aromatic nitrogens is 2. The van der Waals surface area contributed by atoms with Crippen molar-refractivity contribution in [2.45, 2.75) is 25.7 Å². The van der Waals surface area contributed by atoms with Crippen molar-refractivity contribution in [2.75, 3.05) is 0 Å². The van der Waals surface area contributed by atoms with Gasteiger partial charge >= 0.3 is 0 Å². The first kappa shape index (κ1) is 12.3. The molecule has 1 heterocycles. The molecular weight excluding hydrogens is 252 g/mol. The van der Waals surface area contributed by atoms with Crippen molar-refractivity contribution >= 4 is 0 Å². The summed E-state index contributed by atoms with van der Waals surface area (Å²) in [5, 5.41) is 25.2. The largest absolute Gasteiger partial charge is 0.453 e. The van der Waals surface area contributed by atoms with E-state index >= 15 is 0 Å². The summed E-state index contributed by atoms with van der Waals surface area (Å²) in [5.74, 6) is 1.67. The van der Waals surface area contributed by atoms with E-state index in [2.05, 4.69) is 10.2 Å². The fourth-order valence-corrected chi connectivity index (χ4v) is 2.10. The van der Waals surface area contributed by atoms with Crippen LogP contribution in [-0.4, -0.2) is 10.2 Å². The lowest BCUT2D eigenvalue weighted by Crippen LogP contribution is -1.91. The Labute approximate surface area is 116 Å². The van der Waals surface area contributed by atoms with Gasteiger partial charge in [-0.05, 0) is 38.0 Å². The molecule has 0 unspecified atom stereocenters. The van der Waals surface area contributed by atoms with E-state index in [1.54, 1.807) is 12.1 Å². The lowest BCUT2D eigenvalue weighted by molar-refractivity contribution is 0.472. The van der Waals surface area contributed by atoms with E-state index < -0.39 is 0 Å². The first-order valence-electron chi connectivity index (χ1n) is 6.39. The average Bonchev–Trinajstić information content (AvgIpc) is 3.25. The predicted octanol–water partition coefficient (Wildman–Crippen LogP) is 3.13. The van der Waals surface area contributed by atoms with Gasteiger partial charge in [-0.1, -0.05) is 0 Å². The van der Waals surface area contributed by atoms with Crippen LogP contribution < -0.4 is 4.74 Å². The summed E-state index contributed by atoms with van der Waals surface area (Å²) >= 11 is 0. The zero-order valence-electron chi connectivity index (χ0n) is 11.0. The zero-order valence-corrected chi connectivity index (χ0v) is 11.0. The molecule has 0 saturated heterocycles. The molecule has 1 saturated carbocycles. The molecule has 0 amide bonds. The van der Waals surface area contributed by atoms with Crippen LogP contribution in [0.1, 0.15) is 41.3 Å². The molecule has 0 radical (unpaired) electrons. The van der Waals surface area contributed by atoms with Gasteiger partial charge in [-0.2, -0.15) is 15.6 Å². The molecule has 3 rings (SSSR count). The Bertz CT molecular complexity index is 712. The fraction of sp³-hybridized carbons (Fsp3) is 0.267. The molecule has 1 aliphatic rings. The molecule has 20 heavy (non-hydrogen) atoms. The van der Waals surface area contributed by atoms with Crippen LogP contribution in [0.5, 0.6) is 11.5 Å². The van der Waals surface area contributed by atoms with Gasteiger partial charge in [0.15, 0.2) is 5.75 Å². The topological polar surface area (TPSA) is 85.5 Å². The standard InChI is InChI=1S/C15H12N4O/c1-9-15(14(19-18-9)12-2-3-12)20-13-5-10(7-16)4-11(6-13)8-17/h4-6,12H,2-3H2,1H3,(H,18,19). The summed E-state index contributed by atoms with van der Waals surface area (Å²) < 4.78 is 5.87. The van der Waals surface area contributed by atoms with E-state index in [9.17, 15) is 0 Å². The highest BCUT2D eigenvalue weighted by Gasteiger charge is 2.30. The number of benzene rings is 1. The number of rotatable bonds is 3. The molecule has 0 spiro atoms. The van der Waals surface area contributed by atoms with Crippen molar-refractivity contribution in [3.8, 4) is 23.6 Å². The van der Waals surface area contributed by atoms with Crippen LogP contribution in [0.4, 0.5) is 0 Å². The van der Waals surface area contributed by atoms with Gasteiger partial charge in [0.1, 0.15) is 11.4 Å². The molecule has 1 N–H and O–H groups in total. The maximum Gasteiger partial charge on any atom is 0.171 e. The van der Waals surface area contributed by atoms with Crippen molar-refractivity contribution in [2.24, 2.45) is 0 Å². The summed E-state index contributed by atoms with van der Waals surface area (Å²) in [7, 11) is 0. The minimum atomic E-state index is 0.410. The number of H-pyrrole nitrogens is 1. The Morgan fingerprint density at radius 1 is 1.20 bits per heavy atom. The monoisotopic (exact) mass is 264 g/mol. The zero-order chi connectivity index (χ0) is 14.1. The molecule has 5 heteroatoms. The third-order valence-electron chi connectivity index (χ3n) is 3.27. The second-order valence-electron chi connectivity index (χ2n) is 4.91. The molecule has 1 aliphatic carbocycles. The van der Waals surface area contributed by atoms with Crippen LogP contribution in [0.3, 0.4) is 0 Å². The summed E-state index contributed by atoms with van der Waals surface area (Å²) in [6.45, 7) is 1.90. The molecule has 5 nitrogen and oxygen atoms in total. The van der Waals surface area contributed by atoms with Gasteiger partial charge in [0, 0.05) is 5.92 Å². The Morgan fingerprint density at radius 3 is 2.40 bits per heavy atom. The number of ether oxygens (including phenoxy) is 1.